The van der Waals surface area contributed by atoms with Crippen LogP contribution in [0.25, 0.3) is 0 Å². The fourth-order valence-corrected chi connectivity index (χ4v) is 2.97. The van der Waals surface area contributed by atoms with Crippen molar-refractivity contribution in [2.24, 2.45) is 0 Å². The van der Waals surface area contributed by atoms with E-state index in [0.29, 0.717) is 0 Å². The molecule has 0 aromatic rings. The van der Waals surface area contributed by atoms with Crippen LogP contribution in [0.3, 0.4) is 0 Å². The van der Waals surface area contributed by atoms with Gasteiger partial charge in [0.2, 0.25) is 0 Å². The zero-order chi connectivity index (χ0) is 11.2. The highest BCUT2D eigenvalue weighted by atomic mass is 15.1. The number of piperidine rings is 2. The van der Waals surface area contributed by atoms with E-state index in [2.05, 4.69) is 22.5 Å². The van der Waals surface area contributed by atoms with Gasteiger partial charge in [-0.2, -0.15) is 0 Å². The Kier molecular flexibility index (Phi) is 5.07. The molecule has 0 radical (unpaired) electrons. The molecule has 1 unspecified atom stereocenters. The molecule has 2 heterocycles. The van der Waals surface area contributed by atoms with E-state index in [-0.39, 0.29) is 0 Å². The summed E-state index contributed by atoms with van der Waals surface area (Å²) in [4.78, 5) is 2.61. The van der Waals surface area contributed by atoms with E-state index in [1.54, 1.807) is 0 Å². The molecule has 16 heavy (non-hydrogen) atoms. The molecule has 2 aliphatic rings. The Bertz CT molecular complexity index is 182. The Balaban J connectivity index is 1.64. The fraction of sp³-hybridized carbons (Fsp3) is 1.00. The minimum absolute atomic E-state index is 0.733. The minimum Gasteiger partial charge on any atom is -0.315 e. The second kappa shape index (κ2) is 6.58. The summed E-state index contributed by atoms with van der Waals surface area (Å²) in [6.07, 6.45) is 6.69. The van der Waals surface area contributed by atoms with E-state index in [0.717, 1.165) is 12.1 Å². The lowest BCUT2D eigenvalue weighted by Crippen LogP contribution is -2.51. The fourth-order valence-electron chi connectivity index (χ4n) is 2.97. The molecule has 0 saturated carbocycles. The third kappa shape index (κ3) is 3.72. The second-order valence-electron chi connectivity index (χ2n) is 5.33. The topological polar surface area (TPSA) is 27.3 Å². The van der Waals surface area contributed by atoms with Gasteiger partial charge in [0.05, 0.1) is 0 Å². The van der Waals surface area contributed by atoms with Crippen LogP contribution in [0.5, 0.6) is 0 Å². The van der Waals surface area contributed by atoms with Gasteiger partial charge in [-0.3, -0.25) is 0 Å². The monoisotopic (exact) mass is 225 g/mol. The van der Waals surface area contributed by atoms with Crippen LogP contribution in [-0.2, 0) is 0 Å². The van der Waals surface area contributed by atoms with Gasteiger partial charge in [-0.15, -0.1) is 0 Å². The van der Waals surface area contributed by atoms with Crippen LogP contribution >= 0.6 is 0 Å². The number of likely N-dealkylation sites (tertiary alicyclic amines) is 1. The van der Waals surface area contributed by atoms with Gasteiger partial charge in [-0.25, -0.2) is 0 Å². The SMILES string of the molecule is CCCN1CCC(NC2CCCNC2)CC1. The Morgan fingerprint density at radius 2 is 2.00 bits per heavy atom. The molecule has 2 rings (SSSR count). The number of rotatable bonds is 4. The first-order chi connectivity index (χ1) is 7.88. The van der Waals surface area contributed by atoms with Crippen molar-refractivity contribution in [1.29, 1.82) is 0 Å². The van der Waals surface area contributed by atoms with Crippen molar-refractivity contribution in [3.05, 3.63) is 0 Å². The smallest absolute Gasteiger partial charge is 0.0195 e. The summed E-state index contributed by atoms with van der Waals surface area (Å²) in [5.74, 6) is 0. The normalized spacial score (nSPS) is 29.4. The quantitative estimate of drug-likeness (QED) is 0.753. The number of hydrogen-bond acceptors (Lipinski definition) is 3. The largest absolute Gasteiger partial charge is 0.315 e. The van der Waals surface area contributed by atoms with E-state index in [1.807, 2.05) is 0 Å². The van der Waals surface area contributed by atoms with E-state index in [4.69, 9.17) is 0 Å². The standard InChI is InChI=1S/C13H27N3/c1-2-8-16-9-5-12(6-10-16)15-13-4-3-7-14-11-13/h12-15H,2-11H2,1H3. The molecule has 0 aromatic heterocycles. The maximum atomic E-state index is 3.83. The van der Waals surface area contributed by atoms with Crippen LogP contribution in [0.4, 0.5) is 0 Å². The predicted molar refractivity (Wildman–Crippen MR) is 68.8 cm³/mol. The minimum atomic E-state index is 0.733. The van der Waals surface area contributed by atoms with E-state index in [1.165, 1.54) is 64.8 Å². The lowest BCUT2D eigenvalue weighted by molar-refractivity contribution is 0.186. The molecule has 0 spiro atoms. The third-order valence-corrected chi connectivity index (χ3v) is 3.90. The van der Waals surface area contributed by atoms with Gasteiger partial charge in [0.15, 0.2) is 0 Å². The molecular formula is C13H27N3. The summed E-state index contributed by atoms with van der Waals surface area (Å²) in [6, 6.07) is 1.51. The maximum Gasteiger partial charge on any atom is 0.0195 e. The summed E-state index contributed by atoms with van der Waals surface area (Å²) in [5.41, 5.74) is 0. The predicted octanol–water partition coefficient (Wildman–Crippen LogP) is 1.20. The summed E-state index contributed by atoms with van der Waals surface area (Å²) in [7, 11) is 0. The lowest BCUT2D eigenvalue weighted by Gasteiger charge is -2.35. The summed E-state index contributed by atoms with van der Waals surface area (Å²) in [6.45, 7) is 8.55. The molecule has 2 fully saturated rings. The first-order valence-electron chi connectivity index (χ1n) is 7.07. The molecule has 0 bridgehead atoms. The Labute approximate surface area is 100.0 Å². The van der Waals surface area contributed by atoms with Crippen LogP contribution in [0.2, 0.25) is 0 Å². The van der Waals surface area contributed by atoms with Crippen molar-refractivity contribution in [2.75, 3.05) is 32.7 Å². The van der Waals surface area contributed by atoms with E-state index in [9.17, 15) is 0 Å². The second-order valence-corrected chi connectivity index (χ2v) is 5.33. The molecule has 0 aromatic carbocycles. The summed E-state index contributed by atoms with van der Waals surface area (Å²) in [5, 5.41) is 7.31. The van der Waals surface area contributed by atoms with Gasteiger partial charge in [0.1, 0.15) is 0 Å². The van der Waals surface area contributed by atoms with Crippen LogP contribution in [-0.4, -0.2) is 49.7 Å². The van der Waals surface area contributed by atoms with Crippen LogP contribution in [0, 0.1) is 0 Å². The van der Waals surface area contributed by atoms with Gasteiger partial charge < -0.3 is 15.5 Å². The summed E-state index contributed by atoms with van der Waals surface area (Å²) < 4.78 is 0. The average molecular weight is 225 g/mol. The molecule has 2 N–H and O–H groups in total. The molecular weight excluding hydrogens is 198 g/mol. The van der Waals surface area contributed by atoms with Crippen molar-refractivity contribution < 1.29 is 0 Å². The van der Waals surface area contributed by atoms with Crippen molar-refractivity contribution in [1.82, 2.24) is 15.5 Å². The van der Waals surface area contributed by atoms with Crippen LogP contribution < -0.4 is 10.6 Å². The van der Waals surface area contributed by atoms with Gasteiger partial charge in [0, 0.05) is 18.6 Å². The van der Waals surface area contributed by atoms with E-state index < -0.39 is 0 Å². The third-order valence-electron chi connectivity index (χ3n) is 3.90. The zero-order valence-electron chi connectivity index (χ0n) is 10.7. The van der Waals surface area contributed by atoms with Crippen molar-refractivity contribution in [3.8, 4) is 0 Å². The number of nitrogens with one attached hydrogen (secondary N) is 2. The molecule has 2 saturated heterocycles. The van der Waals surface area contributed by atoms with Crippen LogP contribution in [0.1, 0.15) is 39.0 Å². The number of hydrogen-bond donors (Lipinski definition) is 2. The number of nitrogens with zero attached hydrogens (tertiary/aromatic N) is 1. The Hall–Kier alpha value is -0.120. The van der Waals surface area contributed by atoms with Crippen molar-refractivity contribution >= 4 is 0 Å². The van der Waals surface area contributed by atoms with Crippen LogP contribution in [0.15, 0.2) is 0 Å². The maximum absolute atomic E-state index is 3.83. The van der Waals surface area contributed by atoms with Gasteiger partial charge >= 0.3 is 0 Å². The van der Waals surface area contributed by atoms with Gasteiger partial charge in [-0.1, -0.05) is 6.92 Å². The first-order valence-corrected chi connectivity index (χ1v) is 7.07. The Morgan fingerprint density at radius 1 is 1.19 bits per heavy atom. The highest BCUT2D eigenvalue weighted by Gasteiger charge is 2.21. The van der Waals surface area contributed by atoms with Crippen molar-refractivity contribution in [3.63, 3.8) is 0 Å². The highest BCUT2D eigenvalue weighted by Crippen LogP contribution is 2.13. The molecule has 3 heteroatoms. The highest BCUT2D eigenvalue weighted by molar-refractivity contribution is 4.83. The molecule has 3 nitrogen and oxygen atoms in total. The average Bonchev–Trinajstić information content (AvgIpc) is 2.33. The summed E-state index contributed by atoms with van der Waals surface area (Å²) >= 11 is 0. The lowest BCUT2D eigenvalue weighted by atomic mass is 10.0. The molecule has 0 amide bonds. The molecule has 94 valence electrons. The molecule has 2 aliphatic heterocycles. The van der Waals surface area contributed by atoms with Gasteiger partial charge in [0.25, 0.3) is 0 Å². The molecule has 1 atom stereocenters. The Morgan fingerprint density at radius 3 is 2.62 bits per heavy atom. The van der Waals surface area contributed by atoms with Gasteiger partial charge in [-0.05, 0) is 58.3 Å². The molecule has 0 aliphatic carbocycles. The van der Waals surface area contributed by atoms with Crippen molar-refractivity contribution in [2.45, 2.75) is 51.1 Å². The zero-order valence-corrected chi connectivity index (χ0v) is 10.7. The van der Waals surface area contributed by atoms with E-state index >= 15 is 0 Å². The first kappa shape index (κ1) is 12.3.